The first-order valence-electron chi connectivity index (χ1n) is 4.56. The van der Waals surface area contributed by atoms with E-state index in [9.17, 15) is 4.79 Å². The summed E-state index contributed by atoms with van der Waals surface area (Å²) in [4.78, 5) is 13.6. The van der Waals surface area contributed by atoms with Crippen molar-refractivity contribution in [2.24, 2.45) is 5.92 Å². The van der Waals surface area contributed by atoms with Crippen LogP contribution < -0.4 is 0 Å². The Balaban J connectivity index is 2.03. The second-order valence-corrected chi connectivity index (χ2v) is 4.35. The molecule has 1 saturated carbocycles. The van der Waals surface area contributed by atoms with Crippen LogP contribution in [0, 0.1) is 5.92 Å². The van der Waals surface area contributed by atoms with Gasteiger partial charge in [-0.25, -0.2) is 0 Å². The molecule has 0 radical (unpaired) electrons. The third-order valence-corrected chi connectivity index (χ3v) is 3.79. The molecule has 2 nitrogen and oxygen atoms in total. The van der Waals surface area contributed by atoms with Crippen molar-refractivity contribution in [1.82, 2.24) is 4.90 Å². The fourth-order valence-electron chi connectivity index (χ4n) is 3.29. The number of hydrogen-bond acceptors (Lipinski definition) is 1. The highest BCUT2D eigenvalue weighted by Crippen LogP contribution is 2.63. The van der Waals surface area contributed by atoms with Crippen molar-refractivity contribution in [2.75, 3.05) is 0 Å². The van der Waals surface area contributed by atoms with Gasteiger partial charge in [0.1, 0.15) is 0 Å². The molecule has 0 aromatic rings. The summed E-state index contributed by atoms with van der Waals surface area (Å²) in [7, 11) is 0. The van der Waals surface area contributed by atoms with Gasteiger partial charge < -0.3 is 4.90 Å². The predicted octanol–water partition coefficient (Wildman–Crippen LogP) is 1.16. The molecule has 0 unspecified atom stereocenters. The van der Waals surface area contributed by atoms with E-state index in [0.29, 0.717) is 17.5 Å². The lowest BCUT2D eigenvalue weighted by Gasteiger charge is -2.25. The van der Waals surface area contributed by atoms with Gasteiger partial charge in [0, 0.05) is 18.0 Å². The Labute approximate surface area is 66.6 Å². The zero-order valence-electron chi connectivity index (χ0n) is 6.84. The van der Waals surface area contributed by atoms with Crippen LogP contribution in [0.4, 0.5) is 0 Å². The minimum absolute atomic E-state index is 0.399. The molecule has 0 N–H and O–H groups in total. The fourth-order valence-corrected chi connectivity index (χ4v) is 3.29. The van der Waals surface area contributed by atoms with Crippen molar-refractivity contribution < 1.29 is 4.79 Å². The highest BCUT2D eigenvalue weighted by molar-refractivity contribution is 5.81. The van der Waals surface area contributed by atoms with Crippen LogP contribution in [-0.2, 0) is 4.79 Å². The number of nitrogens with zero attached hydrogens (tertiary/aromatic N) is 1. The van der Waals surface area contributed by atoms with Gasteiger partial charge in [0.25, 0.3) is 0 Å². The third kappa shape index (κ3) is 0.501. The lowest BCUT2D eigenvalue weighted by Crippen LogP contribution is -2.37. The van der Waals surface area contributed by atoms with Crippen LogP contribution in [0.2, 0.25) is 0 Å². The van der Waals surface area contributed by atoms with Gasteiger partial charge in [-0.2, -0.15) is 0 Å². The second-order valence-electron chi connectivity index (χ2n) is 4.35. The quantitative estimate of drug-likeness (QED) is 0.508. The summed E-state index contributed by atoms with van der Waals surface area (Å²) in [6.45, 7) is 2.19. The minimum Gasteiger partial charge on any atom is -0.334 e. The van der Waals surface area contributed by atoms with Gasteiger partial charge in [0.15, 0.2) is 0 Å². The van der Waals surface area contributed by atoms with E-state index >= 15 is 0 Å². The molecule has 2 heteroatoms. The van der Waals surface area contributed by atoms with Crippen molar-refractivity contribution in [1.29, 1.82) is 0 Å². The van der Waals surface area contributed by atoms with Crippen LogP contribution in [0.15, 0.2) is 0 Å². The summed E-state index contributed by atoms with van der Waals surface area (Å²) in [6, 6.07) is 0.545. The molecule has 3 aliphatic rings. The Morgan fingerprint density at radius 1 is 1.64 bits per heavy atom. The van der Waals surface area contributed by atoms with Crippen LogP contribution in [0.3, 0.4) is 0 Å². The van der Waals surface area contributed by atoms with Crippen LogP contribution in [0.1, 0.15) is 32.6 Å². The lowest BCUT2D eigenvalue weighted by atomic mass is 10.1. The zero-order chi connectivity index (χ0) is 7.64. The van der Waals surface area contributed by atoms with Crippen LogP contribution in [0.5, 0.6) is 0 Å². The van der Waals surface area contributed by atoms with Gasteiger partial charge >= 0.3 is 0 Å². The summed E-state index contributed by atoms with van der Waals surface area (Å²) < 4.78 is 0. The third-order valence-electron chi connectivity index (χ3n) is 3.79. The molecule has 11 heavy (non-hydrogen) atoms. The summed E-state index contributed by atoms with van der Waals surface area (Å²) in [5.41, 5.74) is 0.399. The molecular weight excluding hydrogens is 138 g/mol. The van der Waals surface area contributed by atoms with Gasteiger partial charge in [0.2, 0.25) is 5.91 Å². The first-order valence-corrected chi connectivity index (χ1v) is 4.56. The van der Waals surface area contributed by atoms with Gasteiger partial charge in [-0.15, -0.1) is 0 Å². The Hall–Kier alpha value is -0.530. The maximum atomic E-state index is 11.4. The largest absolute Gasteiger partial charge is 0.334 e. The minimum atomic E-state index is 0.399. The zero-order valence-corrected chi connectivity index (χ0v) is 6.84. The molecule has 0 aromatic carbocycles. The molecule has 3 rings (SSSR count). The molecule has 2 aliphatic heterocycles. The standard InChI is InChI=1S/C9H13NO/c1-6-4-7-5-9(7)3-2-8(11)10(6)9/h6-7H,2-5H2,1H3/t6-,7-,9+/m1/s1. The second kappa shape index (κ2) is 1.47. The van der Waals surface area contributed by atoms with Crippen molar-refractivity contribution in [3.8, 4) is 0 Å². The summed E-state index contributed by atoms with van der Waals surface area (Å²) >= 11 is 0. The molecule has 60 valence electrons. The van der Waals surface area contributed by atoms with E-state index < -0.39 is 0 Å². The number of hydrogen-bond donors (Lipinski definition) is 0. The highest BCUT2D eigenvalue weighted by atomic mass is 16.2. The van der Waals surface area contributed by atoms with Gasteiger partial charge in [0.05, 0.1) is 0 Å². The molecule has 1 amide bonds. The average molecular weight is 151 g/mol. The predicted molar refractivity (Wildman–Crippen MR) is 41.0 cm³/mol. The summed E-state index contributed by atoms with van der Waals surface area (Å²) in [5.74, 6) is 1.29. The van der Waals surface area contributed by atoms with Gasteiger partial charge in [-0.05, 0) is 32.1 Å². The van der Waals surface area contributed by atoms with Gasteiger partial charge in [-0.1, -0.05) is 0 Å². The lowest BCUT2D eigenvalue weighted by molar-refractivity contribution is -0.130. The van der Waals surface area contributed by atoms with Crippen LogP contribution >= 0.6 is 0 Å². The number of carbonyl (C=O) groups excluding carboxylic acids is 1. The fraction of sp³-hybridized carbons (Fsp3) is 0.889. The first kappa shape index (κ1) is 6.04. The molecule has 0 aromatic heterocycles. The van der Waals surface area contributed by atoms with E-state index in [1.807, 2.05) is 0 Å². The number of carbonyl (C=O) groups is 1. The molecule has 1 spiro atoms. The van der Waals surface area contributed by atoms with E-state index in [1.165, 1.54) is 12.8 Å². The smallest absolute Gasteiger partial charge is 0.223 e. The molecule has 2 saturated heterocycles. The summed E-state index contributed by atoms with van der Waals surface area (Å²) in [6.07, 6.45) is 4.55. The Bertz CT molecular complexity index is 238. The number of amides is 1. The van der Waals surface area contributed by atoms with Gasteiger partial charge in [-0.3, -0.25) is 4.79 Å². The van der Waals surface area contributed by atoms with Crippen molar-refractivity contribution in [3.05, 3.63) is 0 Å². The average Bonchev–Trinajstić information content (AvgIpc) is 2.35. The maximum absolute atomic E-state index is 11.4. The molecule has 1 aliphatic carbocycles. The maximum Gasteiger partial charge on any atom is 0.223 e. The van der Waals surface area contributed by atoms with Crippen LogP contribution in [-0.4, -0.2) is 22.4 Å². The Morgan fingerprint density at radius 3 is 3.18 bits per heavy atom. The van der Waals surface area contributed by atoms with Crippen molar-refractivity contribution in [2.45, 2.75) is 44.2 Å². The molecule has 3 fully saturated rings. The molecule has 2 heterocycles. The SMILES string of the molecule is C[C@@H]1C[C@@H]2C[C@@]23CCC(=O)N13. The molecule has 0 bridgehead atoms. The number of rotatable bonds is 0. The Kier molecular flexibility index (Phi) is 0.809. The molecule has 3 atom stereocenters. The normalized spacial score (nSPS) is 52.8. The van der Waals surface area contributed by atoms with E-state index in [0.717, 1.165) is 18.8 Å². The van der Waals surface area contributed by atoms with E-state index in [2.05, 4.69) is 11.8 Å². The number of piperidine rings is 1. The first-order chi connectivity index (χ1) is 5.24. The van der Waals surface area contributed by atoms with E-state index in [-0.39, 0.29) is 0 Å². The van der Waals surface area contributed by atoms with E-state index in [4.69, 9.17) is 0 Å². The van der Waals surface area contributed by atoms with Crippen LogP contribution in [0.25, 0.3) is 0 Å². The monoisotopic (exact) mass is 151 g/mol. The molecular formula is C9H13NO. The summed E-state index contributed by atoms with van der Waals surface area (Å²) in [5, 5.41) is 0. The van der Waals surface area contributed by atoms with E-state index in [1.54, 1.807) is 0 Å². The Morgan fingerprint density at radius 2 is 2.45 bits per heavy atom. The highest BCUT2D eigenvalue weighted by Gasteiger charge is 2.67. The van der Waals surface area contributed by atoms with Crippen molar-refractivity contribution >= 4 is 5.91 Å². The topological polar surface area (TPSA) is 20.3 Å². The van der Waals surface area contributed by atoms with Crippen molar-refractivity contribution in [3.63, 3.8) is 0 Å².